The number of benzene rings is 1. The van der Waals surface area contributed by atoms with Crippen molar-refractivity contribution in [3.05, 3.63) is 35.6 Å². The van der Waals surface area contributed by atoms with Crippen molar-refractivity contribution >= 4 is 6.03 Å². The topological polar surface area (TPSA) is 32.3 Å². The van der Waals surface area contributed by atoms with Crippen LogP contribution in [0.3, 0.4) is 0 Å². The molecule has 0 aliphatic carbocycles. The van der Waals surface area contributed by atoms with Crippen molar-refractivity contribution in [3.8, 4) is 0 Å². The lowest BCUT2D eigenvalue weighted by Gasteiger charge is -2.34. The van der Waals surface area contributed by atoms with Crippen LogP contribution in [0.5, 0.6) is 0 Å². The van der Waals surface area contributed by atoms with Crippen molar-refractivity contribution in [1.82, 2.24) is 10.2 Å². The third-order valence-corrected chi connectivity index (χ3v) is 3.78. The van der Waals surface area contributed by atoms with Gasteiger partial charge in [-0.05, 0) is 36.3 Å². The molecule has 0 spiro atoms. The molecule has 0 radical (unpaired) electrons. The zero-order valence-corrected chi connectivity index (χ0v) is 12.2. The Balaban J connectivity index is 1.79. The molecule has 1 N–H and O–H groups in total. The van der Waals surface area contributed by atoms with Gasteiger partial charge in [-0.15, -0.1) is 0 Å². The van der Waals surface area contributed by atoms with Crippen LogP contribution in [-0.4, -0.2) is 30.6 Å². The molecule has 1 saturated heterocycles. The summed E-state index contributed by atoms with van der Waals surface area (Å²) in [6.07, 6.45) is 1.70. The van der Waals surface area contributed by atoms with E-state index in [0.29, 0.717) is 30.4 Å². The number of likely N-dealkylation sites (tertiary alicyclic amines) is 1. The molecule has 110 valence electrons. The number of carbonyl (C=O) groups is 1. The highest BCUT2D eigenvalue weighted by atomic mass is 19.1. The molecular weight excluding hydrogens is 255 g/mol. The van der Waals surface area contributed by atoms with Gasteiger partial charge in [0, 0.05) is 19.6 Å². The van der Waals surface area contributed by atoms with Crippen molar-refractivity contribution in [2.45, 2.75) is 26.7 Å². The number of rotatable bonds is 3. The maximum absolute atomic E-state index is 13.4. The van der Waals surface area contributed by atoms with E-state index in [-0.39, 0.29) is 11.8 Å². The highest BCUT2D eigenvalue weighted by molar-refractivity contribution is 5.74. The predicted octanol–water partition coefficient (Wildman–Crippen LogP) is 3.06. The lowest BCUT2D eigenvalue weighted by molar-refractivity contribution is 0.146. The molecule has 2 rings (SSSR count). The predicted molar refractivity (Wildman–Crippen MR) is 78.0 cm³/mol. The molecule has 1 aliphatic heterocycles. The molecule has 3 nitrogen and oxygen atoms in total. The fourth-order valence-corrected chi connectivity index (χ4v) is 2.95. The van der Waals surface area contributed by atoms with Gasteiger partial charge in [-0.3, -0.25) is 0 Å². The third-order valence-electron chi connectivity index (χ3n) is 3.78. The average Bonchev–Trinajstić information content (AvgIpc) is 2.39. The van der Waals surface area contributed by atoms with Crippen LogP contribution in [-0.2, 0) is 6.42 Å². The fraction of sp³-hybridized carbons (Fsp3) is 0.562. The zero-order valence-electron chi connectivity index (χ0n) is 12.2. The minimum absolute atomic E-state index is 0.0280. The molecule has 0 bridgehead atoms. The number of carbonyl (C=O) groups excluding carboxylic acids is 1. The zero-order chi connectivity index (χ0) is 14.5. The van der Waals surface area contributed by atoms with Crippen LogP contribution in [0, 0.1) is 17.7 Å². The van der Waals surface area contributed by atoms with E-state index in [1.165, 1.54) is 12.5 Å². The molecule has 4 heteroatoms. The van der Waals surface area contributed by atoms with Gasteiger partial charge in [0.1, 0.15) is 5.82 Å². The Kier molecular flexibility index (Phi) is 4.99. The van der Waals surface area contributed by atoms with Crippen molar-refractivity contribution in [1.29, 1.82) is 0 Å². The van der Waals surface area contributed by atoms with Crippen molar-refractivity contribution in [2.75, 3.05) is 19.6 Å². The van der Waals surface area contributed by atoms with Crippen molar-refractivity contribution in [3.63, 3.8) is 0 Å². The van der Waals surface area contributed by atoms with Gasteiger partial charge < -0.3 is 10.2 Å². The highest BCUT2D eigenvalue weighted by Crippen LogP contribution is 2.20. The minimum Gasteiger partial charge on any atom is -0.338 e. The van der Waals surface area contributed by atoms with Gasteiger partial charge in [0.25, 0.3) is 0 Å². The summed E-state index contributed by atoms with van der Waals surface area (Å²) < 4.78 is 13.4. The first-order valence-corrected chi connectivity index (χ1v) is 7.32. The molecule has 20 heavy (non-hydrogen) atoms. The standard InChI is InChI=1S/C16H23FN2O/c1-12-9-13(2)11-19(10-12)16(20)18-8-7-14-5-3-4-6-15(14)17/h3-6,12-13H,7-11H2,1-2H3,(H,18,20). The summed E-state index contributed by atoms with van der Waals surface area (Å²) in [5.74, 6) is 0.897. The summed E-state index contributed by atoms with van der Waals surface area (Å²) in [6, 6.07) is 6.67. The fourth-order valence-electron chi connectivity index (χ4n) is 2.95. The monoisotopic (exact) mass is 278 g/mol. The molecule has 2 atom stereocenters. The summed E-state index contributed by atoms with van der Waals surface area (Å²) >= 11 is 0. The number of nitrogens with zero attached hydrogens (tertiary/aromatic N) is 1. The summed E-state index contributed by atoms with van der Waals surface area (Å²) in [5, 5.41) is 2.89. The number of hydrogen-bond acceptors (Lipinski definition) is 1. The largest absolute Gasteiger partial charge is 0.338 e. The lowest BCUT2D eigenvalue weighted by Crippen LogP contribution is -2.47. The van der Waals surface area contributed by atoms with Crippen molar-refractivity contribution < 1.29 is 9.18 Å². The van der Waals surface area contributed by atoms with Gasteiger partial charge in [-0.25, -0.2) is 9.18 Å². The van der Waals surface area contributed by atoms with Crippen LogP contribution >= 0.6 is 0 Å². The van der Waals surface area contributed by atoms with Crippen LogP contribution in [0.1, 0.15) is 25.8 Å². The highest BCUT2D eigenvalue weighted by Gasteiger charge is 2.24. The molecule has 0 aromatic heterocycles. The molecule has 0 saturated carbocycles. The number of urea groups is 1. The Morgan fingerprint density at radius 3 is 2.60 bits per heavy atom. The van der Waals surface area contributed by atoms with Crippen LogP contribution < -0.4 is 5.32 Å². The van der Waals surface area contributed by atoms with Gasteiger partial charge in [-0.1, -0.05) is 32.0 Å². The molecule has 1 fully saturated rings. The van der Waals surface area contributed by atoms with Crippen molar-refractivity contribution in [2.24, 2.45) is 11.8 Å². The Morgan fingerprint density at radius 2 is 1.95 bits per heavy atom. The maximum atomic E-state index is 13.4. The Morgan fingerprint density at radius 1 is 1.30 bits per heavy atom. The quantitative estimate of drug-likeness (QED) is 0.905. The van der Waals surface area contributed by atoms with E-state index in [0.717, 1.165) is 13.1 Å². The van der Waals surface area contributed by atoms with Crippen LogP contribution in [0.25, 0.3) is 0 Å². The van der Waals surface area contributed by atoms with Gasteiger partial charge >= 0.3 is 6.03 Å². The molecule has 2 amide bonds. The molecule has 2 unspecified atom stereocenters. The second-order valence-electron chi connectivity index (χ2n) is 5.92. The van der Waals surface area contributed by atoms with Gasteiger partial charge in [0.15, 0.2) is 0 Å². The normalized spacial score (nSPS) is 22.6. The van der Waals surface area contributed by atoms with Crippen LogP contribution in [0.2, 0.25) is 0 Å². The Labute approximate surface area is 120 Å². The first-order chi connectivity index (χ1) is 9.56. The van der Waals surface area contributed by atoms with Gasteiger partial charge in [0.2, 0.25) is 0 Å². The minimum atomic E-state index is -0.207. The molecule has 1 aromatic carbocycles. The second-order valence-corrected chi connectivity index (χ2v) is 5.92. The van der Waals surface area contributed by atoms with E-state index < -0.39 is 0 Å². The Hall–Kier alpha value is -1.58. The number of halogens is 1. The van der Waals surface area contributed by atoms with E-state index in [2.05, 4.69) is 19.2 Å². The van der Waals surface area contributed by atoms with Gasteiger partial charge in [0.05, 0.1) is 0 Å². The van der Waals surface area contributed by atoms with E-state index >= 15 is 0 Å². The van der Waals surface area contributed by atoms with Gasteiger partial charge in [-0.2, -0.15) is 0 Å². The maximum Gasteiger partial charge on any atom is 0.317 e. The number of piperidine rings is 1. The number of nitrogens with one attached hydrogen (secondary N) is 1. The number of hydrogen-bond donors (Lipinski definition) is 1. The third kappa shape index (κ3) is 3.95. The average molecular weight is 278 g/mol. The first-order valence-electron chi connectivity index (χ1n) is 7.32. The number of amides is 2. The Bertz CT molecular complexity index is 454. The SMILES string of the molecule is CC1CC(C)CN(C(=O)NCCc2ccccc2F)C1. The van der Waals surface area contributed by atoms with E-state index in [1.807, 2.05) is 11.0 Å². The summed E-state index contributed by atoms with van der Waals surface area (Å²) in [7, 11) is 0. The molecule has 1 heterocycles. The summed E-state index contributed by atoms with van der Waals surface area (Å²) in [5.41, 5.74) is 0.646. The van der Waals surface area contributed by atoms with Crippen LogP contribution in [0.15, 0.2) is 24.3 Å². The molecule has 1 aliphatic rings. The lowest BCUT2D eigenvalue weighted by atomic mass is 9.92. The van der Waals surface area contributed by atoms with E-state index in [4.69, 9.17) is 0 Å². The smallest absolute Gasteiger partial charge is 0.317 e. The molecule has 1 aromatic rings. The summed E-state index contributed by atoms with van der Waals surface area (Å²) in [6.45, 7) is 6.45. The van der Waals surface area contributed by atoms with E-state index in [1.54, 1.807) is 12.1 Å². The molecular formula is C16H23FN2O. The first kappa shape index (κ1) is 14.8. The summed E-state index contributed by atoms with van der Waals surface area (Å²) in [4.78, 5) is 14.0. The second kappa shape index (κ2) is 6.73. The van der Waals surface area contributed by atoms with Crippen LogP contribution in [0.4, 0.5) is 9.18 Å². The van der Waals surface area contributed by atoms with E-state index in [9.17, 15) is 9.18 Å².